The molecule has 156 valence electrons. The first-order valence-corrected chi connectivity index (χ1v) is 10.3. The van der Waals surface area contributed by atoms with Gasteiger partial charge in [0.15, 0.2) is 11.5 Å². The normalized spacial score (nSPS) is 10.8. The van der Waals surface area contributed by atoms with Crippen LogP contribution < -0.4 is 14.2 Å². The number of rotatable bonds is 9. The fourth-order valence-corrected chi connectivity index (χ4v) is 3.54. The monoisotopic (exact) mass is 425 g/mol. The number of esters is 1. The predicted molar refractivity (Wildman–Crippen MR) is 117 cm³/mol. The van der Waals surface area contributed by atoms with E-state index in [0.717, 1.165) is 16.1 Å². The molecule has 0 atom stereocenters. The fourth-order valence-electron chi connectivity index (χ4n) is 2.74. The molecule has 0 radical (unpaired) electrons. The van der Waals surface area contributed by atoms with Crippen molar-refractivity contribution in [2.24, 2.45) is 0 Å². The van der Waals surface area contributed by atoms with Gasteiger partial charge in [0.25, 0.3) is 0 Å². The Morgan fingerprint density at radius 1 is 1.07 bits per heavy atom. The van der Waals surface area contributed by atoms with Gasteiger partial charge in [0.1, 0.15) is 17.4 Å². The molecule has 7 heteroatoms. The maximum absolute atomic E-state index is 12.0. The van der Waals surface area contributed by atoms with E-state index in [1.807, 2.05) is 54.8 Å². The third-order valence-electron chi connectivity index (χ3n) is 4.16. The van der Waals surface area contributed by atoms with Crippen LogP contribution in [0.5, 0.6) is 17.2 Å². The second-order valence-corrected chi connectivity index (χ2v) is 6.98. The Kier molecular flexibility index (Phi) is 7.45. The fraction of sp³-hybridized carbons (Fsp3) is 0.217. The Hall–Kier alpha value is -3.32. The summed E-state index contributed by atoms with van der Waals surface area (Å²) in [6, 6.07) is 13.1. The maximum Gasteiger partial charge on any atom is 0.331 e. The molecule has 0 bridgehead atoms. The van der Waals surface area contributed by atoms with Crippen LogP contribution in [0.3, 0.4) is 0 Å². The van der Waals surface area contributed by atoms with E-state index in [1.54, 1.807) is 20.3 Å². The largest absolute Gasteiger partial charge is 0.496 e. The number of thiazole rings is 1. The van der Waals surface area contributed by atoms with Gasteiger partial charge < -0.3 is 18.9 Å². The average Bonchev–Trinajstić information content (AvgIpc) is 3.26. The van der Waals surface area contributed by atoms with Crippen molar-refractivity contribution in [2.45, 2.75) is 13.5 Å². The van der Waals surface area contributed by atoms with Gasteiger partial charge in [-0.3, -0.25) is 0 Å². The highest BCUT2D eigenvalue weighted by atomic mass is 32.1. The lowest BCUT2D eigenvalue weighted by molar-refractivity contribution is -0.139. The standard InChI is InChI=1S/C23H23NO5S/c1-4-28-20-11-9-17(13-21(20)27-3)23-24-18(15-30-23)14-29-22(25)12-10-16-7-5-6-8-19(16)26-2/h5-13,15H,4,14H2,1-3H3/b12-10+. The number of ether oxygens (including phenoxy) is 4. The van der Waals surface area contributed by atoms with Gasteiger partial charge in [-0.15, -0.1) is 11.3 Å². The summed E-state index contributed by atoms with van der Waals surface area (Å²) in [7, 11) is 3.19. The number of carbonyl (C=O) groups is 1. The van der Waals surface area contributed by atoms with E-state index < -0.39 is 5.97 Å². The molecule has 0 aliphatic carbocycles. The van der Waals surface area contributed by atoms with Crippen molar-refractivity contribution in [2.75, 3.05) is 20.8 Å². The molecular weight excluding hydrogens is 402 g/mol. The minimum absolute atomic E-state index is 0.0970. The molecule has 0 aliphatic rings. The second-order valence-electron chi connectivity index (χ2n) is 6.13. The van der Waals surface area contributed by atoms with Crippen molar-refractivity contribution in [3.63, 3.8) is 0 Å². The number of benzene rings is 2. The number of hydrogen-bond acceptors (Lipinski definition) is 7. The van der Waals surface area contributed by atoms with E-state index in [-0.39, 0.29) is 6.61 Å². The van der Waals surface area contributed by atoms with Gasteiger partial charge >= 0.3 is 5.97 Å². The Morgan fingerprint density at radius 2 is 1.87 bits per heavy atom. The number of carbonyl (C=O) groups excluding carboxylic acids is 1. The van der Waals surface area contributed by atoms with E-state index >= 15 is 0 Å². The van der Waals surface area contributed by atoms with Crippen molar-refractivity contribution < 1.29 is 23.7 Å². The quantitative estimate of drug-likeness (QED) is 0.356. The highest BCUT2D eigenvalue weighted by Gasteiger charge is 2.11. The number of aromatic nitrogens is 1. The first-order valence-electron chi connectivity index (χ1n) is 9.38. The first-order chi connectivity index (χ1) is 14.6. The van der Waals surface area contributed by atoms with Crippen LogP contribution in [0.1, 0.15) is 18.2 Å². The summed E-state index contributed by atoms with van der Waals surface area (Å²) >= 11 is 1.47. The van der Waals surface area contributed by atoms with E-state index in [0.29, 0.717) is 29.5 Å². The molecule has 3 rings (SSSR count). The number of hydrogen-bond donors (Lipinski definition) is 0. The van der Waals surface area contributed by atoms with Crippen LogP contribution in [-0.2, 0) is 16.1 Å². The predicted octanol–water partition coefficient (Wildman–Crippen LogP) is 4.98. The molecule has 1 aromatic heterocycles. The molecule has 0 saturated heterocycles. The molecule has 0 N–H and O–H groups in total. The van der Waals surface area contributed by atoms with Crippen LogP contribution >= 0.6 is 11.3 Å². The van der Waals surface area contributed by atoms with Crippen LogP contribution in [0, 0.1) is 0 Å². The van der Waals surface area contributed by atoms with E-state index in [9.17, 15) is 4.79 Å². The van der Waals surface area contributed by atoms with Gasteiger partial charge in [-0.2, -0.15) is 0 Å². The van der Waals surface area contributed by atoms with Crippen LogP contribution in [0.25, 0.3) is 16.6 Å². The Bertz CT molecular complexity index is 1030. The van der Waals surface area contributed by atoms with Crippen molar-refractivity contribution in [1.82, 2.24) is 4.98 Å². The lowest BCUT2D eigenvalue weighted by Gasteiger charge is -2.09. The molecule has 1 heterocycles. The molecule has 6 nitrogen and oxygen atoms in total. The van der Waals surface area contributed by atoms with Gasteiger partial charge in [-0.25, -0.2) is 9.78 Å². The summed E-state index contributed by atoms with van der Waals surface area (Å²) in [6.07, 6.45) is 3.04. The molecule has 2 aromatic carbocycles. The summed E-state index contributed by atoms with van der Waals surface area (Å²) in [6.45, 7) is 2.58. The Balaban J connectivity index is 1.62. The number of para-hydroxylation sites is 1. The van der Waals surface area contributed by atoms with E-state index in [1.165, 1.54) is 17.4 Å². The summed E-state index contributed by atoms with van der Waals surface area (Å²) < 4.78 is 21.5. The molecular formula is C23H23NO5S. The molecule has 0 fully saturated rings. The topological polar surface area (TPSA) is 66.9 Å². The van der Waals surface area contributed by atoms with Crippen LogP contribution in [-0.4, -0.2) is 31.8 Å². The highest BCUT2D eigenvalue weighted by molar-refractivity contribution is 7.13. The van der Waals surface area contributed by atoms with Gasteiger partial charge in [0.2, 0.25) is 0 Å². The second kappa shape index (κ2) is 10.5. The molecule has 0 amide bonds. The Morgan fingerprint density at radius 3 is 2.63 bits per heavy atom. The summed E-state index contributed by atoms with van der Waals surface area (Å²) in [5.41, 5.74) is 2.40. The van der Waals surface area contributed by atoms with Gasteiger partial charge in [-0.05, 0) is 37.3 Å². The van der Waals surface area contributed by atoms with Crippen molar-refractivity contribution >= 4 is 23.4 Å². The SMILES string of the molecule is CCOc1ccc(-c2nc(COC(=O)/C=C/c3ccccc3OC)cs2)cc1OC. The van der Waals surface area contributed by atoms with Crippen molar-refractivity contribution in [1.29, 1.82) is 0 Å². The molecule has 0 unspecified atom stereocenters. The van der Waals surface area contributed by atoms with Gasteiger partial charge in [0, 0.05) is 22.6 Å². The molecule has 0 aliphatic heterocycles. The minimum atomic E-state index is -0.446. The first kappa shape index (κ1) is 21.4. The number of nitrogens with zero attached hydrogens (tertiary/aromatic N) is 1. The van der Waals surface area contributed by atoms with E-state index in [2.05, 4.69) is 4.98 Å². The Labute approximate surface area is 179 Å². The summed E-state index contributed by atoms with van der Waals surface area (Å²) in [5, 5.41) is 2.68. The highest BCUT2D eigenvalue weighted by Crippen LogP contribution is 2.33. The average molecular weight is 426 g/mol. The lowest BCUT2D eigenvalue weighted by atomic mass is 10.2. The van der Waals surface area contributed by atoms with Gasteiger partial charge in [0.05, 0.1) is 26.5 Å². The van der Waals surface area contributed by atoms with Crippen molar-refractivity contribution in [3.8, 4) is 27.8 Å². The summed E-state index contributed by atoms with van der Waals surface area (Å²) in [4.78, 5) is 16.6. The van der Waals surface area contributed by atoms with E-state index in [4.69, 9.17) is 18.9 Å². The maximum atomic E-state index is 12.0. The molecule has 0 saturated carbocycles. The third-order valence-corrected chi connectivity index (χ3v) is 5.10. The van der Waals surface area contributed by atoms with Crippen molar-refractivity contribution in [3.05, 3.63) is 65.2 Å². The van der Waals surface area contributed by atoms with Crippen LogP contribution in [0.2, 0.25) is 0 Å². The molecule has 3 aromatic rings. The minimum Gasteiger partial charge on any atom is -0.496 e. The van der Waals surface area contributed by atoms with Gasteiger partial charge in [-0.1, -0.05) is 18.2 Å². The lowest BCUT2D eigenvalue weighted by Crippen LogP contribution is -2.01. The zero-order valence-electron chi connectivity index (χ0n) is 17.1. The zero-order valence-corrected chi connectivity index (χ0v) is 17.9. The van der Waals surface area contributed by atoms with Crippen LogP contribution in [0.4, 0.5) is 0 Å². The zero-order chi connectivity index (χ0) is 21.3. The molecule has 0 spiro atoms. The third kappa shape index (κ3) is 5.39. The molecule has 30 heavy (non-hydrogen) atoms. The number of methoxy groups -OCH3 is 2. The summed E-state index contributed by atoms with van der Waals surface area (Å²) in [5.74, 6) is 1.59. The smallest absolute Gasteiger partial charge is 0.331 e. The van der Waals surface area contributed by atoms with Crippen LogP contribution in [0.15, 0.2) is 53.9 Å².